The molecule has 2 rings (SSSR count). The molecule has 0 aromatic heterocycles. The van der Waals surface area contributed by atoms with E-state index in [0.717, 1.165) is 12.1 Å². The van der Waals surface area contributed by atoms with Crippen molar-refractivity contribution >= 4 is 18.3 Å². The third-order valence-electron chi connectivity index (χ3n) is 4.37. The van der Waals surface area contributed by atoms with E-state index in [2.05, 4.69) is 19.2 Å². The Balaban J connectivity index is 0.00000200. The van der Waals surface area contributed by atoms with E-state index < -0.39 is 6.04 Å². The second kappa shape index (κ2) is 7.09. The molecule has 112 valence electrons. The minimum absolute atomic E-state index is 0. The van der Waals surface area contributed by atoms with Crippen LogP contribution in [0.2, 0.25) is 0 Å². The minimum Gasteiger partial charge on any atom is -0.354 e. The van der Waals surface area contributed by atoms with E-state index in [4.69, 9.17) is 5.73 Å². The molecule has 3 nitrogen and oxygen atoms in total. The zero-order valence-electron chi connectivity index (χ0n) is 12.3. The molecule has 0 heterocycles. The van der Waals surface area contributed by atoms with Gasteiger partial charge in [-0.2, -0.15) is 0 Å². The van der Waals surface area contributed by atoms with Gasteiger partial charge in [-0.15, -0.1) is 12.4 Å². The number of nitrogens with two attached hydrogens (primary N) is 1. The summed E-state index contributed by atoms with van der Waals surface area (Å²) >= 11 is 0. The molecule has 3 N–H and O–H groups in total. The van der Waals surface area contributed by atoms with Gasteiger partial charge in [0.25, 0.3) is 0 Å². The van der Waals surface area contributed by atoms with Gasteiger partial charge in [0.2, 0.25) is 5.91 Å². The first-order valence-electron chi connectivity index (χ1n) is 7.11. The third-order valence-corrected chi connectivity index (χ3v) is 4.37. The summed E-state index contributed by atoms with van der Waals surface area (Å²) in [5.74, 6) is 0.592. The van der Waals surface area contributed by atoms with Gasteiger partial charge in [-0.05, 0) is 36.2 Å². The van der Waals surface area contributed by atoms with Gasteiger partial charge in [-0.25, -0.2) is 0 Å². The molecular formula is C16H25ClN2O. The summed E-state index contributed by atoms with van der Waals surface area (Å²) in [6, 6.07) is 9.46. The molecule has 1 aromatic rings. The first-order valence-corrected chi connectivity index (χ1v) is 7.11. The average molecular weight is 297 g/mol. The van der Waals surface area contributed by atoms with E-state index >= 15 is 0 Å². The molecule has 0 spiro atoms. The number of rotatable bonds is 6. The van der Waals surface area contributed by atoms with Crippen LogP contribution in [-0.2, 0) is 11.2 Å². The summed E-state index contributed by atoms with van der Waals surface area (Å²) in [5, 5.41) is 3.02. The summed E-state index contributed by atoms with van der Waals surface area (Å²) in [4.78, 5) is 12.0. The van der Waals surface area contributed by atoms with Crippen molar-refractivity contribution < 1.29 is 4.79 Å². The number of halogens is 1. The highest BCUT2D eigenvalue weighted by Gasteiger charge is 2.45. The van der Waals surface area contributed by atoms with Gasteiger partial charge in [0.1, 0.15) is 0 Å². The number of benzene rings is 1. The summed E-state index contributed by atoms with van der Waals surface area (Å²) in [6.45, 7) is 5.22. The second-order valence-electron chi connectivity index (χ2n) is 6.03. The molecule has 0 saturated heterocycles. The van der Waals surface area contributed by atoms with E-state index in [-0.39, 0.29) is 18.3 Å². The average Bonchev–Trinajstić information content (AvgIpc) is 3.18. The van der Waals surface area contributed by atoms with Crippen molar-refractivity contribution in [3.8, 4) is 0 Å². The largest absolute Gasteiger partial charge is 0.354 e. The molecule has 0 aliphatic heterocycles. The van der Waals surface area contributed by atoms with Gasteiger partial charge in [-0.1, -0.05) is 44.2 Å². The van der Waals surface area contributed by atoms with Crippen LogP contribution in [0.1, 0.15) is 32.3 Å². The predicted molar refractivity (Wildman–Crippen MR) is 84.9 cm³/mol. The maximum atomic E-state index is 12.0. The molecular weight excluding hydrogens is 272 g/mol. The van der Waals surface area contributed by atoms with Crippen LogP contribution < -0.4 is 11.1 Å². The quantitative estimate of drug-likeness (QED) is 0.847. The lowest BCUT2D eigenvalue weighted by molar-refractivity contribution is -0.122. The second-order valence-corrected chi connectivity index (χ2v) is 6.03. The van der Waals surface area contributed by atoms with Crippen molar-refractivity contribution in [2.45, 2.75) is 39.2 Å². The van der Waals surface area contributed by atoms with Crippen LogP contribution in [0.25, 0.3) is 0 Å². The molecule has 0 radical (unpaired) electrons. The standard InChI is InChI=1S/C16H24N2O.ClH/c1-12(2)16(8-9-16)11-18-15(19)14(17)10-13-6-4-3-5-7-13;/h3-7,12,14H,8-11,17H2,1-2H3,(H,18,19);1H/t14-;/m0./s1. The lowest BCUT2D eigenvalue weighted by atomic mass is 9.92. The maximum Gasteiger partial charge on any atom is 0.237 e. The molecule has 20 heavy (non-hydrogen) atoms. The smallest absolute Gasteiger partial charge is 0.237 e. The normalized spacial score (nSPS) is 17.2. The number of nitrogens with one attached hydrogen (secondary N) is 1. The molecule has 1 aromatic carbocycles. The summed E-state index contributed by atoms with van der Waals surface area (Å²) in [7, 11) is 0. The Kier molecular flexibility index (Phi) is 6.03. The van der Waals surface area contributed by atoms with Gasteiger partial charge < -0.3 is 11.1 Å². The number of hydrogen-bond acceptors (Lipinski definition) is 2. The monoisotopic (exact) mass is 296 g/mol. The minimum atomic E-state index is -0.453. The van der Waals surface area contributed by atoms with E-state index in [9.17, 15) is 4.79 Å². The highest BCUT2D eigenvalue weighted by atomic mass is 35.5. The van der Waals surface area contributed by atoms with Gasteiger partial charge in [-0.3, -0.25) is 4.79 Å². The fourth-order valence-corrected chi connectivity index (χ4v) is 2.47. The zero-order chi connectivity index (χ0) is 13.9. The molecule has 1 aliphatic rings. The topological polar surface area (TPSA) is 55.1 Å². The van der Waals surface area contributed by atoms with E-state index in [0.29, 0.717) is 17.8 Å². The van der Waals surface area contributed by atoms with Crippen LogP contribution in [0.4, 0.5) is 0 Å². The van der Waals surface area contributed by atoms with E-state index in [1.165, 1.54) is 12.8 Å². The lowest BCUT2D eigenvalue weighted by Crippen LogP contribution is -2.44. The fraction of sp³-hybridized carbons (Fsp3) is 0.562. The number of carbonyl (C=O) groups excluding carboxylic acids is 1. The molecule has 0 bridgehead atoms. The lowest BCUT2D eigenvalue weighted by Gasteiger charge is -2.21. The number of amides is 1. The molecule has 1 amide bonds. The van der Waals surface area contributed by atoms with Crippen molar-refractivity contribution in [2.24, 2.45) is 17.1 Å². The van der Waals surface area contributed by atoms with Gasteiger partial charge in [0.05, 0.1) is 6.04 Å². The van der Waals surface area contributed by atoms with Gasteiger partial charge in [0.15, 0.2) is 0 Å². The Morgan fingerprint density at radius 1 is 1.30 bits per heavy atom. The third kappa shape index (κ3) is 4.22. The highest BCUT2D eigenvalue weighted by molar-refractivity contribution is 5.85. The Labute approximate surface area is 127 Å². The van der Waals surface area contributed by atoms with E-state index in [1.807, 2.05) is 30.3 Å². The maximum absolute atomic E-state index is 12.0. The van der Waals surface area contributed by atoms with E-state index in [1.54, 1.807) is 0 Å². The van der Waals surface area contributed by atoms with Crippen molar-refractivity contribution in [1.29, 1.82) is 0 Å². The first-order chi connectivity index (χ1) is 9.03. The Morgan fingerprint density at radius 2 is 1.90 bits per heavy atom. The van der Waals surface area contributed by atoms with Crippen LogP contribution >= 0.6 is 12.4 Å². The predicted octanol–water partition coefficient (Wildman–Crippen LogP) is 2.53. The van der Waals surface area contributed by atoms with Crippen LogP contribution in [0.5, 0.6) is 0 Å². The SMILES string of the molecule is CC(C)C1(CNC(=O)[C@@H](N)Cc2ccccc2)CC1.Cl. The van der Waals surface area contributed by atoms with Crippen molar-refractivity contribution in [1.82, 2.24) is 5.32 Å². The molecule has 1 fully saturated rings. The zero-order valence-corrected chi connectivity index (χ0v) is 13.1. The van der Waals surface area contributed by atoms with Crippen molar-refractivity contribution in [3.05, 3.63) is 35.9 Å². The van der Waals surface area contributed by atoms with Crippen molar-refractivity contribution in [2.75, 3.05) is 6.54 Å². The molecule has 1 saturated carbocycles. The number of carbonyl (C=O) groups is 1. The summed E-state index contributed by atoms with van der Waals surface area (Å²) in [6.07, 6.45) is 3.04. The summed E-state index contributed by atoms with van der Waals surface area (Å²) < 4.78 is 0. The first kappa shape index (κ1) is 17.0. The highest BCUT2D eigenvalue weighted by Crippen LogP contribution is 2.51. The molecule has 4 heteroatoms. The van der Waals surface area contributed by atoms with Crippen LogP contribution in [0, 0.1) is 11.3 Å². The Bertz CT molecular complexity index is 429. The van der Waals surface area contributed by atoms with Gasteiger partial charge >= 0.3 is 0 Å². The molecule has 0 unspecified atom stereocenters. The Hall–Kier alpha value is -1.06. The van der Waals surface area contributed by atoms with Crippen LogP contribution in [0.3, 0.4) is 0 Å². The van der Waals surface area contributed by atoms with Crippen LogP contribution in [0.15, 0.2) is 30.3 Å². The van der Waals surface area contributed by atoms with Crippen molar-refractivity contribution in [3.63, 3.8) is 0 Å². The molecule has 1 aliphatic carbocycles. The summed E-state index contributed by atoms with van der Waals surface area (Å²) in [5.41, 5.74) is 7.41. The Morgan fingerprint density at radius 3 is 2.40 bits per heavy atom. The van der Waals surface area contributed by atoms with Crippen LogP contribution in [-0.4, -0.2) is 18.5 Å². The molecule has 1 atom stereocenters. The van der Waals surface area contributed by atoms with Gasteiger partial charge in [0, 0.05) is 6.54 Å². The fourth-order valence-electron chi connectivity index (χ4n) is 2.47. The number of hydrogen-bond donors (Lipinski definition) is 2.